The highest BCUT2D eigenvalue weighted by atomic mass is 16.1. The number of nitrogens with zero attached hydrogens (tertiary/aromatic N) is 5. The Bertz CT molecular complexity index is 1160. The number of fused-ring (bicyclic) bond motifs is 1. The number of pyridine rings is 1. The number of amides is 1. The van der Waals surface area contributed by atoms with E-state index < -0.39 is 0 Å². The minimum atomic E-state index is -0.137. The molecule has 7 heteroatoms. The molecule has 3 aromatic heterocycles. The van der Waals surface area contributed by atoms with E-state index in [9.17, 15) is 4.79 Å². The smallest absolute Gasteiger partial charge is 0.252 e. The van der Waals surface area contributed by atoms with Gasteiger partial charge < -0.3 is 5.32 Å². The summed E-state index contributed by atoms with van der Waals surface area (Å²) in [6.07, 6.45) is 3.69. The lowest BCUT2D eigenvalue weighted by atomic mass is 10.0. The summed E-state index contributed by atoms with van der Waals surface area (Å²) in [7, 11) is 1.86. The number of carbonyl (C=O) groups excluding carboxylic acids is 1. The van der Waals surface area contributed by atoms with Crippen LogP contribution >= 0.6 is 0 Å². The highest BCUT2D eigenvalue weighted by molar-refractivity contribution is 6.07. The Hall–Kier alpha value is -3.48. The van der Waals surface area contributed by atoms with Gasteiger partial charge >= 0.3 is 0 Å². The van der Waals surface area contributed by atoms with E-state index in [-0.39, 0.29) is 5.91 Å². The normalized spacial score (nSPS) is 11.1. The number of benzene rings is 1. The highest BCUT2D eigenvalue weighted by Crippen LogP contribution is 2.26. The third-order valence-electron chi connectivity index (χ3n) is 4.86. The second kappa shape index (κ2) is 7.26. The SMILES string of the molecule is CCn1cc(-c2cc(C(=O)NCc3ccnn3C)c3ccccc3n2)c(C)n1. The fourth-order valence-electron chi connectivity index (χ4n) is 3.27. The van der Waals surface area contributed by atoms with Crippen LogP contribution in [0.1, 0.15) is 28.7 Å². The first-order valence-electron chi connectivity index (χ1n) is 9.26. The van der Waals surface area contributed by atoms with Crippen LogP contribution in [0.5, 0.6) is 0 Å². The van der Waals surface area contributed by atoms with Crippen LogP contribution in [0.4, 0.5) is 0 Å². The van der Waals surface area contributed by atoms with Crippen molar-refractivity contribution in [3.8, 4) is 11.3 Å². The number of nitrogens with one attached hydrogen (secondary N) is 1. The van der Waals surface area contributed by atoms with Gasteiger partial charge in [-0.15, -0.1) is 0 Å². The number of aromatic nitrogens is 5. The van der Waals surface area contributed by atoms with E-state index in [0.717, 1.165) is 40.1 Å². The molecule has 0 saturated carbocycles. The molecule has 142 valence electrons. The van der Waals surface area contributed by atoms with E-state index >= 15 is 0 Å². The lowest BCUT2D eigenvalue weighted by Crippen LogP contribution is -2.24. The first-order chi connectivity index (χ1) is 13.6. The van der Waals surface area contributed by atoms with E-state index in [1.54, 1.807) is 10.9 Å². The van der Waals surface area contributed by atoms with Crippen molar-refractivity contribution in [2.45, 2.75) is 26.9 Å². The number of hydrogen-bond donors (Lipinski definition) is 1. The van der Waals surface area contributed by atoms with Crippen molar-refractivity contribution >= 4 is 16.8 Å². The number of rotatable bonds is 5. The van der Waals surface area contributed by atoms with Crippen LogP contribution in [0.2, 0.25) is 0 Å². The quantitative estimate of drug-likeness (QED) is 0.582. The molecule has 0 radical (unpaired) electrons. The largest absolute Gasteiger partial charge is 0.346 e. The molecule has 1 amide bonds. The maximum atomic E-state index is 13.0. The Balaban J connectivity index is 1.75. The van der Waals surface area contributed by atoms with Gasteiger partial charge in [-0.1, -0.05) is 18.2 Å². The Kier molecular flexibility index (Phi) is 4.65. The lowest BCUT2D eigenvalue weighted by Gasteiger charge is -2.10. The van der Waals surface area contributed by atoms with Crippen LogP contribution < -0.4 is 5.32 Å². The van der Waals surface area contributed by atoms with E-state index in [2.05, 4.69) is 15.5 Å². The van der Waals surface area contributed by atoms with Crippen LogP contribution in [0.15, 0.2) is 48.8 Å². The first kappa shape index (κ1) is 17.9. The molecular formula is C21H22N6O. The number of carbonyl (C=O) groups is 1. The summed E-state index contributed by atoms with van der Waals surface area (Å²) < 4.78 is 3.63. The zero-order chi connectivity index (χ0) is 19.7. The molecule has 0 saturated heterocycles. The van der Waals surface area contributed by atoms with Gasteiger partial charge in [0.25, 0.3) is 5.91 Å². The minimum absolute atomic E-state index is 0.137. The number of para-hydroxylation sites is 1. The van der Waals surface area contributed by atoms with Crippen molar-refractivity contribution in [1.82, 2.24) is 29.9 Å². The summed E-state index contributed by atoms with van der Waals surface area (Å²) in [6.45, 7) is 5.20. The Morgan fingerprint density at radius 3 is 2.75 bits per heavy atom. The molecule has 1 N–H and O–H groups in total. The fraction of sp³-hybridized carbons (Fsp3) is 0.238. The maximum absolute atomic E-state index is 13.0. The molecule has 28 heavy (non-hydrogen) atoms. The number of aryl methyl sites for hydroxylation is 3. The van der Waals surface area contributed by atoms with Gasteiger partial charge in [0, 0.05) is 36.9 Å². The van der Waals surface area contributed by atoms with Gasteiger partial charge in [0.15, 0.2) is 0 Å². The summed E-state index contributed by atoms with van der Waals surface area (Å²) in [5.74, 6) is -0.137. The zero-order valence-electron chi connectivity index (χ0n) is 16.2. The molecular weight excluding hydrogens is 352 g/mol. The fourth-order valence-corrected chi connectivity index (χ4v) is 3.27. The van der Waals surface area contributed by atoms with Crippen molar-refractivity contribution in [2.75, 3.05) is 0 Å². The molecule has 3 heterocycles. The second-order valence-electron chi connectivity index (χ2n) is 6.68. The Morgan fingerprint density at radius 2 is 2.04 bits per heavy atom. The molecule has 0 bridgehead atoms. The van der Waals surface area contributed by atoms with Gasteiger partial charge in [-0.2, -0.15) is 10.2 Å². The third kappa shape index (κ3) is 3.26. The van der Waals surface area contributed by atoms with Crippen LogP contribution in [0.25, 0.3) is 22.2 Å². The summed E-state index contributed by atoms with van der Waals surface area (Å²) in [5, 5.41) is 12.5. The Labute approximate surface area is 163 Å². The van der Waals surface area contributed by atoms with Gasteiger partial charge in [0.2, 0.25) is 0 Å². The number of hydrogen-bond acceptors (Lipinski definition) is 4. The van der Waals surface area contributed by atoms with Crippen LogP contribution in [0.3, 0.4) is 0 Å². The van der Waals surface area contributed by atoms with Crippen molar-refractivity contribution in [3.63, 3.8) is 0 Å². The summed E-state index contributed by atoms with van der Waals surface area (Å²) in [4.78, 5) is 17.8. The summed E-state index contributed by atoms with van der Waals surface area (Å²) >= 11 is 0. The van der Waals surface area contributed by atoms with E-state index in [4.69, 9.17) is 4.98 Å². The molecule has 0 spiro atoms. The second-order valence-corrected chi connectivity index (χ2v) is 6.68. The average Bonchev–Trinajstić information content (AvgIpc) is 3.30. The highest BCUT2D eigenvalue weighted by Gasteiger charge is 2.16. The van der Waals surface area contributed by atoms with Gasteiger partial charge in [0.05, 0.1) is 34.7 Å². The molecule has 0 aliphatic rings. The molecule has 0 unspecified atom stereocenters. The zero-order valence-corrected chi connectivity index (χ0v) is 16.2. The molecule has 0 fully saturated rings. The predicted molar refractivity (Wildman–Crippen MR) is 108 cm³/mol. The third-order valence-corrected chi connectivity index (χ3v) is 4.86. The van der Waals surface area contributed by atoms with Gasteiger partial charge in [-0.25, -0.2) is 4.98 Å². The summed E-state index contributed by atoms with van der Waals surface area (Å²) in [5.41, 5.74) is 4.91. The van der Waals surface area contributed by atoms with Gasteiger partial charge in [0.1, 0.15) is 0 Å². The van der Waals surface area contributed by atoms with Crippen molar-refractivity contribution in [3.05, 3.63) is 65.7 Å². The average molecular weight is 374 g/mol. The molecule has 4 rings (SSSR count). The van der Waals surface area contributed by atoms with Crippen molar-refractivity contribution in [1.29, 1.82) is 0 Å². The summed E-state index contributed by atoms with van der Waals surface area (Å²) in [6, 6.07) is 11.4. The van der Waals surface area contributed by atoms with Crippen LogP contribution in [-0.4, -0.2) is 30.5 Å². The maximum Gasteiger partial charge on any atom is 0.252 e. The van der Waals surface area contributed by atoms with Crippen molar-refractivity contribution < 1.29 is 4.79 Å². The molecule has 7 nitrogen and oxygen atoms in total. The van der Waals surface area contributed by atoms with E-state index in [1.807, 2.05) is 68.2 Å². The minimum Gasteiger partial charge on any atom is -0.346 e. The molecule has 4 aromatic rings. The molecule has 1 aromatic carbocycles. The molecule has 0 aliphatic carbocycles. The monoisotopic (exact) mass is 374 g/mol. The van der Waals surface area contributed by atoms with Crippen molar-refractivity contribution in [2.24, 2.45) is 7.05 Å². The predicted octanol–water partition coefficient (Wildman–Crippen LogP) is 3.09. The topological polar surface area (TPSA) is 77.6 Å². The molecule has 0 atom stereocenters. The standard InChI is InChI=1S/C21H22N6O/c1-4-27-13-18(14(2)25-27)20-11-17(16-7-5-6-8-19(16)24-20)21(28)22-12-15-9-10-23-26(15)3/h5-11,13H,4,12H2,1-3H3,(H,22,28). The Morgan fingerprint density at radius 1 is 1.21 bits per heavy atom. The van der Waals surface area contributed by atoms with Crippen LogP contribution in [-0.2, 0) is 20.1 Å². The lowest BCUT2D eigenvalue weighted by molar-refractivity contribution is 0.0951. The van der Waals surface area contributed by atoms with Gasteiger partial charge in [-0.3, -0.25) is 14.2 Å². The van der Waals surface area contributed by atoms with E-state index in [1.165, 1.54) is 0 Å². The van der Waals surface area contributed by atoms with Crippen LogP contribution in [0, 0.1) is 6.92 Å². The van der Waals surface area contributed by atoms with E-state index in [0.29, 0.717) is 12.1 Å². The first-order valence-corrected chi connectivity index (χ1v) is 9.26. The molecule has 0 aliphatic heterocycles. The van der Waals surface area contributed by atoms with Gasteiger partial charge in [-0.05, 0) is 32.0 Å².